The van der Waals surface area contributed by atoms with Gasteiger partial charge in [0.05, 0.1) is 27.4 Å². The Labute approximate surface area is 221 Å². The molecule has 3 N–H and O–H groups in total. The molecule has 1 aliphatic carbocycles. The first-order chi connectivity index (χ1) is 17.5. The molecule has 0 bridgehead atoms. The number of fused-ring (bicyclic) bond motifs is 2. The van der Waals surface area contributed by atoms with Crippen LogP contribution in [0.1, 0.15) is 106 Å². The summed E-state index contributed by atoms with van der Waals surface area (Å²) in [5, 5.41) is 3.72. The molecule has 0 aromatic heterocycles. The average molecular weight is 512 g/mol. The number of hydrogen-bond acceptors (Lipinski definition) is 3. The van der Waals surface area contributed by atoms with Gasteiger partial charge in [-0.1, -0.05) is 83.2 Å². The summed E-state index contributed by atoms with van der Waals surface area (Å²) in [6.07, 6.45) is 8.30. The van der Waals surface area contributed by atoms with Crippen molar-refractivity contribution in [2.24, 2.45) is 5.73 Å². The summed E-state index contributed by atoms with van der Waals surface area (Å²) in [4.78, 5) is 28.2. The number of benzene rings is 2. The summed E-state index contributed by atoms with van der Waals surface area (Å²) in [7, 11) is 0. The smallest absolute Gasteiger partial charge is 0.252 e. The summed E-state index contributed by atoms with van der Waals surface area (Å²) in [6, 6.07) is 11.7. The van der Waals surface area contributed by atoms with Gasteiger partial charge in [-0.3, -0.25) is 14.5 Å². The topological polar surface area (TPSA) is 75.4 Å². The van der Waals surface area contributed by atoms with Gasteiger partial charge in [0.1, 0.15) is 0 Å². The minimum absolute atomic E-state index is 0.0571. The number of amides is 2. The molecule has 1 saturated carbocycles. The van der Waals surface area contributed by atoms with Gasteiger partial charge in [-0.2, -0.15) is 0 Å². The maximum Gasteiger partial charge on any atom is 0.252 e. The van der Waals surface area contributed by atoms with Gasteiger partial charge in [-0.25, -0.2) is 0 Å². The van der Waals surface area contributed by atoms with Crippen molar-refractivity contribution in [3.8, 4) is 0 Å². The summed E-state index contributed by atoms with van der Waals surface area (Å²) in [5.41, 5.74) is 9.18. The average Bonchev–Trinajstić information content (AvgIpc) is 3.05. The number of carbonyl (C=O) groups excluding carboxylic acids is 2. The van der Waals surface area contributed by atoms with E-state index in [1.54, 1.807) is 23.1 Å². The maximum atomic E-state index is 14.2. The van der Waals surface area contributed by atoms with Crippen LogP contribution in [0.3, 0.4) is 0 Å². The molecule has 2 amide bonds. The Morgan fingerprint density at radius 2 is 1.61 bits per heavy atom. The number of rotatable bonds is 3. The number of nitrogens with two attached hydrogens (primary N) is 1. The van der Waals surface area contributed by atoms with Crippen LogP contribution in [0.25, 0.3) is 0 Å². The zero-order valence-corrected chi connectivity index (χ0v) is 23.1. The first-order valence-electron chi connectivity index (χ1n) is 13.8. The highest BCUT2D eigenvalue weighted by molar-refractivity contribution is 6.35. The molecule has 3 aliphatic rings. The fraction of sp³-hybridized carbons (Fsp3) is 0.533. The molecule has 2 aliphatic heterocycles. The molecule has 1 saturated heterocycles. The van der Waals surface area contributed by atoms with E-state index in [-0.39, 0.29) is 16.5 Å². The molecule has 2 fully saturated rings. The molecule has 0 unspecified atom stereocenters. The predicted molar refractivity (Wildman–Crippen MR) is 150 cm³/mol. The number of carbonyl (C=O) groups is 2. The Hall–Kier alpha value is -2.37. The molecule has 196 valence electrons. The maximum absolute atomic E-state index is 14.2. The van der Waals surface area contributed by atoms with Gasteiger partial charge in [-0.15, -0.1) is 0 Å². The van der Waals surface area contributed by atoms with Crippen molar-refractivity contribution in [3.63, 3.8) is 0 Å². The van der Waals surface area contributed by atoms with E-state index in [0.29, 0.717) is 11.6 Å². The highest BCUT2D eigenvalue weighted by atomic mass is 35.5. The molecule has 0 atom stereocenters. The van der Waals surface area contributed by atoms with E-state index in [1.165, 1.54) is 5.56 Å². The van der Waals surface area contributed by atoms with Crippen molar-refractivity contribution in [3.05, 3.63) is 58.1 Å². The van der Waals surface area contributed by atoms with Crippen molar-refractivity contribution in [1.82, 2.24) is 5.32 Å². The fourth-order valence-corrected chi connectivity index (χ4v) is 6.24. The number of hydrogen-bond donors (Lipinski definition) is 2. The fourth-order valence-electron chi connectivity index (χ4n) is 5.98. The lowest BCUT2D eigenvalue weighted by Gasteiger charge is -2.29. The Kier molecular flexibility index (Phi) is 9.98. The second kappa shape index (κ2) is 12.7. The van der Waals surface area contributed by atoms with Crippen molar-refractivity contribution in [2.45, 2.75) is 90.4 Å². The van der Waals surface area contributed by atoms with E-state index in [2.05, 4.69) is 23.5 Å². The Morgan fingerprint density at radius 1 is 0.972 bits per heavy atom. The van der Waals surface area contributed by atoms with E-state index >= 15 is 0 Å². The third-order valence-corrected chi connectivity index (χ3v) is 7.95. The molecule has 5 nitrogen and oxygen atoms in total. The first kappa shape index (κ1) is 28.2. The molecule has 2 aromatic rings. The van der Waals surface area contributed by atoms with E-state index in [4.69, 9.17) is 17.3 Å². The number of primary amides is 1. The second-order valence-corrected chi connectivity index (χ2v) is 9.84. The predicted octanol–water partition coefficient (Wildman–Crippen LogP) is 7.23. The molecule has 0 radical (unpaired) electrons. The largest absolute Gasteiger partial charge is 0.365 e. The molecular weight excluding hydrogens is 470 g/mol. The number of piperidine rings is 1. The van der Waals surface area contributed by atoms with Gasteiger partial charge < -0.3 is 11.1 Å². The number of nitrogens with zero attached hydrogens (tertiary/aromatic N) is 1. The third-order valence-electron chi connectivity index (χ3n) is 7.64. The second-order valence-electron chi connectivity index (χ2n) is 9.44. The van der Waals surface area contributed by atoms with Crippen molar-refractivity contribution >= 4 is 34.8 Å². The van der Waals surface area contributed by atoms with Crippen LogP contribution >= 0.6 is 11.6 Å². The van der Waals surface area contributed by atoms with E-state index in [0.717, 1.165) is 75.7 Å². The monoisotopic (exact) mass is 511 g/mol. The van der Waals surface area contributed by atoms with E-state index in [1.807, 2.05) is 27.7 Å². The van der Waals surface area contributed by atoms with Crippen LogP contribution in [-0.4, -0.2) is 24.9 Å². The lowest BCUT2D eigenvalue weighted by Crippen LogP contribution is -2.38. The zero-order chi connectivity index (χ0) is 26.3. The highest BCUT2D eigenvalue weighted by Crippen LogP contribution is 2.53. The number of halogens is 1. The van der Waals surface area contributed by atoms with Crippen LogP contribution in [0, 0.1) is 0 Å². The van der Waals surface area contributed by atoms with Crippen LogP contribution in [-0.2, 0) is 10.2 Å². The number of nitrogens with one attached hydrogen (secondary N) is 1. The summed E-state index contributed by atoms with van der Waals surface area (Å²) in [5.74, 6) is -0.0457. The number of anilines is 2. The van der Waals surface area contributed by atoms with Gasteiger partial charge in [0.2, 0.25) is 5.91 Å². The molecule has 2 heterocycles. The third kappa shape index (κ3) is 5.19. The summed E-state index contributed by atoms with van der Waals surface area (Å²) >= 11 is 6.36. The molecule has 6 heteroatoms. The lowest BCUT2D eigenvalue weighted by atomic mass is 9.74. The summed E-state index contributed by atoms with van der Waals surface area (Å²) in [6.45, 7) is 10.1. The first-order valence-corrected chi connectivity index (χ1v) is 14.2. The quantitative estimate of drug-likeness (QED) is 0.456. The molecule has 5 rings (SSSR count). The zero-order valence-electron chi connectivity index (χ0n) is 22.3. The molecular formula is C30H42ClN3O2. The normalized spacial score (nSPS) is 18.9. The van der Waals surface area contributed by atoms with Crippen LogP contribution in [0.4, 0.5) is 11.4 Å². The van der Waals surface area contributed by atoms with Crippen molar-refractivity contribution in [2.75, 3.05) is 18.0 Å². The van der Waals surface area contributed by atoms with Gasteiger partial charge >= 0.3 is 0 Å². The van der Waals surface area contributed by atoms with Gasteiger partial charge in [0.25, 0.3) is 5.91 Å². The van der Waals surface area contributed by atoms with Crippen LogP contribution in [0.15, 0.2) is 36.4 Å². The van der Waals surface area contributed by atoms with Crippen LogP contribution < -0.4 is 16.0 Å². The van der Waals surface area contributed by atoms with Crippen molar-refractivity contribution < 1.29 is 9.59 Å². The molecule has 1 spiro atoms. The Morgan fingerprint density at radius 3 is 2.22 bits per heavy atom. The van der Waals surface area contributed by atoms with Crippen LogP contribution in [0.2, 0.25) is 5.02 Å². The van der Waals surface area contributed by atoms with Crippen molar-refractivity contribution in [1.29, 1.82) is 0 Å². The molecule has 36 heavy (non-hydrogen) atoms. The minimum Gasteiger partial charge on any atom is -0.365 e. The summed E-state index contributed by atoms with van der Waals surface area (Å²) < 4.78 is 0. The van der Waals surface area contributed by atoms with Crippen LogP contribution in [0.5, 0.6) is 0 Å². The molecule has 2 aromatic carbocycles. The SMILES string of the molecule is CC.CC.NC(=O)c1c(Cl)cccc1N1C(=O)C2(CCCCCC2)c2cc(C3CCNCC3)ccc21. The Bertz CT molecular complexity index is 1050. The highest BCUT2D eigenvalue weighted by Gasteiger charge is 2.51. The standard InChI is InChI=1S/C26H30ClN3O2.2C2H6/c27-20-6-5-7-22(23(20)24(28)31)30-21-9-8-18(17-10-14-29-15-11-17)16-19(21)26(25(30)32)12-3-1-2-4-13-26;2*1-2/h5-9,16-17,29H,1-4,10-15H2,(H2,28,31);2*1-2H3. The van der Waals surface area contributed by atoms with Gasteiger partial charge in [0.15, 0.2) is 0 Å². The van der Waals surface area contributed by atoms with Gasteiger partial charge in [0, 0.05) is 0 Å². The van der Waals surface area contributed by atoms with Gasteiger partial charge in [-0.05, 0) is 74.0 Å². The lowest BCUT2D eigenvalue weighted by molar-refractivity contribution is -0.123. The minimum atomic E-state index is -0.618. The Balaban J connectivity index is 0.000000861. The van der Waals surface area contributed by atoms with E-state index in [9.17, 15) is 9.59 Å². The van der Waals surface area contributed by atoms with E-state index < -0.39 is 11.3 Å².